The molecule has 0 spiro atoms. The number of nitrogen functional groups attached to an aromatic ring is 1. The van der Waals surface area contributed by atoms with E-state index in [1.165, 1.54) is 26.5 Å². The molecule has 3 N–H and O–H groups in total. The number of hydrogen-bond acceptors (Lipinski definition) is 7. The zero-order valence-corrected chi connectivity index (χ0v) is 13.4. The molecule has 0 unspecified atom stereocenters. The molecular formula is C13H18N4O2S2. The Morgan fingerprint density at radius 1 is 1.62 bits per heavy atom. The number of nitrogens with two attached hydrogens (primary N) is 1. The van der Waals surface area contributed by atoms with E-state index in [4.69, 9.17) is 10.8 Å². The molecule has 1 heterocycles. The monoisotopic (exact) mass is 326 g/mol. The summed E-state index contributed by atoms with van der Waals surface area (Å²) in [6, 6.07) is 0. The van der Waals surface area contributed by atoms with Crippen molar-refractivity contribution in [2.75, 3.05) is 12.3 Å². The standard InChI is InChI=1S/C13H18N4O2S2/c1-3-20-21-12(4-5-18)8-17(9-19)7-11-6-15-10(2)16-13(11)14/h3,6,8-9,18H,1,4-5,7H2,2H3,(H2,14,15,16). The van der Waals surface area contributed by atoms with E-state index < -0.39 is 0 Å². The average Bonchev–Trinajstić information content (AvgIpc) is 2.46. The summed E-state index contributed by atoms with van der Waals surface area (Å²) in [5, 5.41) is 10.7. The van der Waals surface area contributed by atoms with Crippen LogP contribution in [0.25, 0.3) is 0 Å². The van der Waals surface area contributed by atoms with Crippen molar-refractivity contribution in [3.05, 3.63) is 40.7 Å². The molecule has 1 aromatic heterocycles. The molecule has 0 radical (unpaired) electrons. The highest BCUT2D eigenvalue weighted by molar-refractivity contribution is 8.79. The normalized spacial score (nSPS) is 11.2. The summed E-state index contributed by atoms with van der Waals surface area (Å²) in [4.78, 5) is 21.7. The Labute approximate surface area is 131 Å². The first-order valence-corrected chi connectivity index (χ1v) is 8.36. The van der Waals surface area contributed by atoms with E-state index in [1.54, 1.807) is 24.7 Å². The maximum Gasteiger partial charge on any atom is 0.214 e. The number of aryl methyl sites for hydroxylation is 1. The van der Waals surface area contributed by atoms with Crippen LogP contribution in [0.2, 0.25) is 0 Å². The molecule has 6 nitrogen and oxygen atoms in total. The van der Waals surface area contributed by atoms with Crippen molar-refractivity contribution in [3.8, 4) is 0 Å². The lowest BCUT2D eigenvalue weighted by Gasteiger charge is -2.15. The Morgan fingerprint density at radius 3 is 2.95 bits per heavy atom. The molecule has 0 saturated carbocycles. The number of aliphatic hydroxyl groups is 1. The maximum atomic E-state index is 11.2. The van der Waals surface area contributed by atoms with Gasteiger partial charge in [0.2, 0.25) is 6.41 Å². The molecule has 1 aromatic rings. The van der Waals surface area contributed by atoms with Gasteiger partial charge >= 0.3 is 0 Å². The number of aliphatic hydroxyl groups excluding tert-OH is 1. The Morgan fingerprint density at radius 2 is 2.38 bits per heavy atom. The van der Waals surface area contributed by atoms with E-state index in [9.17, 15) is 4.79 Å². The number of rotatable bonds is 9. The topological polar surface area (TPSA) is 92.3 Å². The van der Waals surface area contributed by atoms with Crippen molar-refractivity contribution in [3.63, 3.8) is 0 Å². The first-order valence-electron chi connectivity index (χ1n) is 6.15. The number of nitrogens with zero attached hydrogens (tertiary/aromatic N) is 3. The van der Waals surface area contributed by atoms with Crippen LogP contribution in [0.3, 0.4) is 0 Å². The summed E-state index contributed by atoms with van der Waals surface area (Å²) in [5.74, 6) is 0.947. The third-order valence-electron chi connectivity index (χ3n) is 2.40. The van der Waals surface area contributed by atoms with Crippen LogP contribution in [0.15, 0.2) is 29.3 Å². The largest absolute Gasteiger partial charge is 0.396 e. The van der Waals surface area contributed by atoms with Crippen LogP contribution < -0.4 is 5.73 Å². The van der Waals surface area contributed by atoms with E-state index in [1.807, 2.05) is 0 Å². The molecule has 114 valence electrons. The maximum absolute atomic E-state index is 11.2. The summed E-state index contributed by atoms with van der Waals surface area (Å²) in [6.45, 7) is 5.66. The predicted octanol–water partition coefficient (Wildman–Crippen LogP) is 2.07. The van der Waals surface area contributed by atoms with Gasteiger partial charge in [-0.3, -0.25) is 4.79 Å². The molecule has 8 heteroatoms. The highest BCUT2D eigenvalue weighted by Crippen LogP contribution is 2.32. The summed E-state index contributed by atoms with van der Waals surface area (Å²) < 4.78 is 0. The third-order valence-corrected chi connectivity index (χ3v) is 4.49. The zero-order valence-electron chi connectivity index (χ0n) is 11.7. The molecule has 21 heavy (non-hydrogen) atoms. The molecule has 0 atom stereocenters. The van der Waals surface area contributed by atoms with Crippen molar-refractivity contribution >= 4 is 33.8 Å². The quantitative estimate of drug-likeness (QED) is 0.530. The van der Waals surface area contributed by atoms with Crippen molar-refractivity contribution in [1.29, 1.82) is 0 Å². The van der Waals surface area contributed by atoms with Crippen molar-refractivity contribution in [1.82, 2.24) is 14.9 Å². The van der Waals surface area contributed by atoms with Gasteiger partial charge in [-0.1, -0.05) is 28.2 Å². The lowest BCUT2D eigenvalue weighted by Crippen LogP contribution is -2.17. The van der Waals surface area contributed by atoms with Crippen LogP contribution in [0.4, 0.5) is 5.82 Å². The number of aromatic nitrogens is 2. The Bertz CT molecular complexity index is 523. The Balaban J connectivity index is 2.84. The second-order valence-corrected chi connectivity index (χ2v) is 6.31. The van der Waals surface area contributed by atoms with Crippen LogP contribution in [0.5, 0.6) is 0 Å². The first-order chi connectivity index (χ1) is 10.1. The third kappa shape index (κ3) is 6.19. The van der Waals surface area contributed by atoms with Crippen molar-refractivity contribution in [2.45, 2.75) is 19.9 Å². The second kappa shape index (κ2) is 9.43. The van der Waals surface area contributed by atoms with Gasteiger partial charge in [-0.25, -0.2) is 9.97 Å². The van der Waals surface area contributed by atoms with Gasteiger partial charge in [0.25, 0.3) is 0 Å². The number of hydrogen-bond donors (Lipinski definition) is 2. The fraction of sp³-hybridized carbons (Fsp3) is 0.308. The fourth-order valence-electron chi connectivity index (χ4n) is 1.46. The lowest BCUT2D eigenvalue weighted by atomic mass is 10.3. The molecule has 0 aliphatic carbocycles. The second-order valence-electron chi connectivity index (χ2n) is 4.02. The minimum Gasteiger partial charge on any atom is -0.396 e. The summed E-state index contributed by atoms with van der Waals surface area (Å²) in [5.41, 5.74) is 6.49. The summed E-state index contributed by atoms with van der Waals surface area (Å²) >= 11 is 0. The predicted molar refractivity (Wildman–Crippen MR) is 88.0 cm³/mol. The molecule has 0 bridgehead atoms. The molecule has 0 aromatic carbocycles. The highest BCUT2D eigenvalue weighted by Gasteiger charge is 2.08. The minimum atomic E-state index is 0.0129. The van der Waals surface area contributed by atoms with Crippen LogP contribution in [-0.2, 0) is 11.3 Å². The van der Waals surface area contributed by atoms with Crippen LogP contribution in [0.1, 0.15) is 17.8 Å². The summed E-state index contributed by atoms with van der Waals surface area (Å²) in [6.07, 6.45) is 4.47. The first kappa shape index (κ1) is 17.5. The average molecular weight is 326 g/mol. The molecular weight excluding hydrogens is 308 g/mol. The van der Waals surface area contributed by atoms with Crippen LogP contribution in [0, 0.1) is 6.92 Å². The van der Waals surface area contributed by atoms with Gasteiger partial charge in [0, 0.05) is 35.9 Å². The summed E-state index contributed by atoms with van der Waals surface area (Å²) in [7, 11) is 2.87. The van der Waals surface area contributed by atoms with Gasteiger partial charge in [0.15, 0.2) is 0 Å². The van der Waals surface area contributed by atoms with E-state index in [0.29, 0.717) is 30.0 Å². The van der Waals surface area contributed by atoms with Gasteiger partial charge in [0.05, 0.1) is 6.54 Å². The molecule has 0 aliphatic heterocycles. The molecule has 1 rings (SSSR count). The molecule has 0 saturated heterocycles. The highest BCUT2D eigenvalue weighted by atomic mass is 33.1. The zero-order chi connectivity index (χ0) is 15.7. The number of carbonyl (C=O) groups excluding carboxylic acids is 1. The van der Waals surface area contributed by atoms with Gasteiger partial charge in [-0.05, 0) is 12.3 Å². The molecule has 1 amide bonds. The van der Waals surface area contributed by atoms with Crippen molar-refractivity contribution in [2.24, 2.45) is 0 Å². The Kier molecular flexibility index (Phi) is 7.88. The van der Waals surface area contributed by atoms with Gasteiger partial charge in [-0.15, -0.1) is 0 Å². The number of amides is 1. The fourth-order valence-corrected chi connectivity index (χ4v) is 2.96. The van der Waals surface area contributed by atoms with E-state index in [-0.39, 0.29) is 13.2 Å². The van der Waals surface area contributed by atoms with E-state index in [2.05, 4.69) is 16.5 Å². The number of anilines is 1. The number of carbonyl (C=O) groups is 1. The van der Waals surface area contributed by atoms with Gasteiger partial charge in [-0.2, -0.15) is 0 Å². The van der Waals surface area contributed by atoms with Crippen LogP contribution in [-0.4, -0.2) is 33.0 Å². The Hall–Kier alpha value is -1.51. The van der Waals surface area contributed by atoms with Gasteiger partial charge in [0.1, 0.15) is 11.6 Å². The SMILES string of the molecule is C=CSSC(=CN(C=O)Cc1cnc(C)nc1N)CCO. The van der Waals surface area contributed by atoms with E-state index >= 15 is 0 Å². The van der Waals surface area contributed by atoms with E-state index in [0.717, 1.165) is 4.91 Å². The van der Waals surface area contributed by atoms with Crippen LogP contribution >= 0.6 is 21.6 Å². The minimum absolute atomic E-state index is 0.0129. The van der Waals surface area contributed by atoms with Crippen molar-refractivity contribution < 1.29 is 9.90 Å². The smallest absolute Gasteiger partial charge is 0.214 e. The molecule has 0 aliphatic rings. The van der Waals surface area contributed by atoms with Gasteiger partial charge < -0.3 is 15.7 Å². The lowest BCUT2D eigenvalue weighted by molar-refractivity contribution is -0.116. The molecule has 0 fully saturated rings.